The summed E-state index contributed by atoms with van der Waals surface area (Å²) < 4.78 is 0. The predicted molar refractivity (Wildman–Crippen MR) is 81.5 cm³/mol. The fourth-order valence-corrected chi connectivity index (χ4v) is 2.11. The highest BCUT2D eigenvalue weighted by molar-refractivity contribution is 5.93. The number of carboxylic acids is 1. The van der Waals surface area contributed by atoms with Crippen molar-refractivity contribution in [2.24, 2.45) is 0 Å². The molecule has 0 heterocycles. The minimum absolute atomic E-state index is 0.0821. The first kappa shape index (κ1) is 14.8. The van der Waals surface area contributed by atoms with E-state index in [1.807, 2.05) is 30.3 Å². The molecule has 0 unspecified atom stereocenters. The molecule has 0 radical (unpaired) electrons. The second-order valence-corrected chi connectivity index (χ2v) is 4.87. The van der Waals surface area contributed by atoms with Crippen LogP contribution in [0.3, 0.4) is 0 Å². The van der Waals surface area contributed by atoms with Crippen molar-refractivity contribution in [2.75, 3.05) is 5.32 Å². The van der Waals surface area contributed by atoms with Crippen LogP contribution in [0.5, 0.6) is 0 Å². The Labute approximate surface area is 123 Å². The SMILES string of the molecule is Cc1cc(NC(=O)CCc2ccccc2)ccc1C(=O)O. The monoisotopic (exact) mass is 283 g/mol. The minimum Gasteiger partial charge on any atom is -0.478 e. The van der Waals surface area contributed by atoms with Crippen LogP contribution < -0.4 is 5.32 Å². The number of carboxylic acid groups (broad SMARTS) is 1. The highest BCUT2D eigenvalue weighted by Gasteiger charge is 2.08. The Hall–Kier alpha value is -2.62. The normalized spacial score (nSPS) is 10.1. The van der Waals surface area contributed by atoms with Crippen LogP contribution in [0.15, 0.2) is 48.5 Å². The summed E-state index contributed by atoms with van der Waals surface area (Å²) in [5.74, 6) is -1.05. The fourth-order valence-electron chi connectivity index (χ4n) is 2.11. The molecule has 0 bridgehead atoms. The molecule has 0 spiro atoms. The number of rotatable bonds is 5. The molecule has 0 aliphatic carbocycles. The van der Waals surface area contributed by atoms with Crippen LogP contribution in [0.4, 0.5) is 5.69 Å². The lowest BCUT2D eigenvalue weighted by atomic mass is 10.1. The topological polar surface area (TPSA) is 66.4 Å². The van der Waals surface area contributed by atoms with E-state index in [9.17, 15) is 9.59 Å². The van der Waals surface area contributed by atoms with E-state index in [1.54, 1.807) is 19.1 Å². The summed E-state index contributed by atoms with van der Waals surface area (Å²) in [5, 5.41) is 11.7. The molecule has 4 heteroatoms. The van der Waals surface area contributed by atoms with Gasteiger partial charge in [0.25, 0.3) is 0 Å². The van der Waals surface area contributed by atoms with Crippen molar-refractivity contribution in [3.05, 3.63) is 65.2 Å². The van der Waals surface area contributed by atoms with Gasteiger partial charge in [-0.05, 0) is 42.7 Å². The van der Waals surface area contributed by atoms with E-state index in [-0.39, 0.29) is 11.5 Å². The number of benzene rings is 2. The van der Waals surface area contributed by atoms with Crippen LogP contribution in [0.2, 0.25) is 0 Å². The van der Waals surface area contributed by atoms with Crippen molar-refractivity contribution in [1.82, 2.24) is 0 Å². The maximum absolute atomic E-state index is 11.9. The number of carbonyl (C=O) groups excluding carboxylic acids is 1. The molecular weight excluding hydrogens is 266 g/mol. The maximum Gasteiger partial charge on any atom is 0.335 e. The van der Waals surface area contributed by atoms with Crippen molar-refractivity contribution in [1.29, 1.82) is 0 Å². The largest absolute Gasteiger partial charge is 0.478 e. The Balaban J connectivity index is 1.94. The van der Waals surface area contributed by atoms with Gasteiger partial charge in [0.15, 0.2) is 0 Å². The number of nitrogens with one attached hydrogen (secondary N) is 1. The summed E-state index contributed by atoms with van der Waals surface area (Å²) >= 11 is 0. The van der Waals surface area contributed by atoms with Crippen molar-refractivity contribution >= 4 is 17.6 Å². The van der Waals surface area contributed by atoms with E-state index in [0.29, 0.717) is 24.1 Å². The lowest BCUT2D eigenvalue weighted by Crippen LogP contribution is -2.13. The fraction of sp³-hybridized carbons (Fsp3) is 0.176. The van der Waals surface area contributed by atoms with Crippen LogP contribution in [0.1, 0.15) is 27.9 Å². The molecule has 2 aromatic rings. The Morgan fingerprint density at radius 2 is 1.81 bits per heavy atom. The van der Waals surface area contributed by atoms with E-state index < -0.39 is 5.97 Å². The van der Waals surface area contributed by atoms with Gasteiger partial charge in [0.1, 0.15) is 0 Å². The van der Waals surface area contributed by atoms with Gasteiger partial charge in [-0.1, -0.05) is 30.3 Å². The highest BCUT2D eigenvalue weighted by atomic mass is 16.4. The second-order valence-electron chi connectivity index (χ2n) is 4.87. The van der Waals surface area contributed by atoms with Crippen molar-refractivity contribution in [3.8, 4) is 0 Å². The van der Waals surface area contributed by atoms with E-state index in [2.05, 4.69) is 5.32 Å². The first-order valence-corrected chi connectivity index (χ1v) is 6.74. The molecule has 1 amide bonds. The zero-order chi connectivity index (χ0) is 15.2. The van der Waals surface area contributed by atoms with E-state index >= 15 is 0 Å². The minimum atomic E-state index is -0.963. The number of carbonyl (C=O) groups is 2. The molecule has 0 aromatic heterocycles. The number of aromatic carboxylic acids is 1. The average Bonchev–Trinajstić information content (AvgIpc) is 2.46. The van der Waals surface area contributed by atoms with Gasteiger partial charge in [-0.2, -0.15) is 0 Å². The first-order chi connectivity index (χ1) is 10.1. The molecule has 0 saturated heterocycles. The van der Waals surface area contributed by atoms with Gasteiger partial charge >= 0.3 is 5.97 Å². The zero-order valence-corrected chi connectivity index (χ0v) is 11.8. The molecular formula is C17H17NO3. The lowest BCUT2D eigenvalue weighted by Gasteiger charge is -2.08. The third-order valence-corrected chi connectivity index (χ3v) is 3.22. The molecule has 2 rings (SSSR count). The van der Waals surface area contributed by atoms with E-state index in [1.165, 1.54) is 6.07 Å². The Morgan fingerprint density at radius 1 is 1.10 bits per heavy atom. The Bertz CT molecular complexity index is 650. The first-order valence-electron chi connectivity index (χ1n) is 6.74. The number of amides is 1. The maximum atomic E-state index is 11.9. The molecule has 0 saturated carbocycles. The zero-order valence-electron chi connectivity index (χ0n) is 11.8. The van der Waals surface area contributed by atoms with E-state index in [0.717, 1.165) is 5.56 Å². The molecule has 2 N–H and O–H groups in total. The van der Waals surface area contributed by atoms with Crippen molar-refractivity contribution in [2.45, 2.75) is 19.8 Å². The highest BCUT2D eigenvalue weighted by Crippen LogP contribution is 2.15. The van der Waals surface area contributed by atoms with Crippen LogP contribution in [-0.4, -0.2) is 17.0 Å². The quantitative estimate of drug-likeness (QED) is 0.885. The average molecular weight is 283 g/mol. The van der Waals surface area contributed by atoms with Gasteiger partial charge in [-0.25, -0.2) is 4.79 Å². The summed E-state index contributed by atoms with van der Waals surface area (Å²) in [6.45, 7) is 1.71. The molecule has 0 atom stereocenters. The van der Waals surface area contributed by atoms with Gasteiger partial charge < -0.3 is 10.4 Å². The number of hydrogen-bond donors (Lipinski definition) is 2. The summed E-state index contributed by atoms with van der Waals surface area (Å²) in [6.07, 6.45) is 1.07. The Kier molecular flexibility index (Phi) is 4.72. The van der Waals surface area contributed by atoms with Gasteiger partial charge in [-0.15, -0.1) is 0 Å². The van der Waals surface area contributed by atoms with Gasteiger partial charge in [0.05, 0.1) is 5.56 Å². The molecule has 0 fully saturated rings. The Morgan fingerprint density at radius 3 is 2.43 bits per heavy atom. The molecule has 4 nitrogen and oxygen atoms in total. The number of anilines is 1. The summed E-state index contributed by atoms with van der Waals surface area (Å²) in [4.78, 5) is 22.8. The molecule has 21 heavy (non-hydrogen) atoms. The third kappa shape index (κ3) is 4.18. The summed E-state index contributed by atoms with van der Waals surface area (Å²) in [6, 6.07) is 14.6. The second kappa shape index (κ2) is 6.70. The van der Waals surface area contributed by atoms with Gasteiger partial charge in [0, 0.05) is 12.1 Å². The molecule has 108 valence electrons. The van der Waals surface area contributed by atoms with Crippen molar-refractivity contribution in [3.63, 3.8) is 0 Å². The van der Waals surface area contributed by atoms with Crippen LogP contribution in [0.25, 0.3) is 0 Å². The summed E-state index contributed by atoms with van der Waals surface area (Å²) in [7, 11) is 0. The smallest absolute Gasteiger partial charge is 0.335 e. The van der Waals surface area contributed by atoms with Crippen LogP contribution in [0, 0.1) is 6.92 Å². The lowest BCUT2D eigenvalue weighted by molar-refractivity contribution is -0.116. The van der Waals surface area contributed by atoms with Crippen molar-refractivity contribution < 1.29 is 14.7 Å². The predicted octanol–water partition coefficient (Wildman–Crippen LogP) is 3.26. The van der Waals surface area contributed by atoms with Crippen LogP contribution >= 0.6 is 0 Å². The molecule has 0 aliphatic heterocycles. The van der Waals surface area contributed by atoms with E-state index in [4.69, 9.17) is 5.11 Å². The number of hydrogen-bond acceptors (Lipinski definition) is 2. The third-order valence-electron chi connectivity index (χ3n) is 3.22. The molecule has 0 aliphatic rings. The summed E-state index contributed by atoms with van der Waals surface area (Å²) in [5.41, 5.74) is 2.61. The standard InChI is InChI=1S/C17H17NO3/c1-12-11-14(8-9-15(12)17(20)21)18-16(19)10-7-13-5-3-2-4-6-13/h2-6,8-9,11H,7,10H2,1H3,(H,18,19)(H,20,21). The van der Waals surface area contributed by atoms with Crippen LogP contribution in [-0.2, 0) is 11.2 Å². The van der Waals surface area contributed by atoms with Gasteiger partial charge in [-0.3, -0.25) is 4.79 Å². The number of aryl methyl sites for hydroxylation is 2. The molecule has 2 aromatic carbocycles. The van der Waals surface area contributed by atoms with Gasteiger partial charge in [0.2, 0.25) is 5.91 Å².